The lowest BCUT2D eigenvalue weighted by Gasteiger charge is -2.10. The predicted molar refractivity (Wildman–Crippen MR) is 114 cm³/mol. The molecule has 1 fully saturated rings. The van der Waals surface area contributed by atoms with Crippen LogP contribution in [0, 0.1) is 6.92 Å². The van der Waals surface area contributed by atoms with Crippen molar-refractivity contribution in [3.05, 3.63) is 52.8 Å². The molecule has 4 rings (SSSR count). The highest BCUT2D eigenvalue weighted by Crippen LogP contribution is 2.40. The maximum atomic E-state index is 13.2. The molecule has 0 atom stereocenters. The first-order chi connectivity index (χ1) is 14.0. The number of fused-ring (bicyclic) bond motifs is 1. The maximum absolute atomic E-state index is 13.2. The van der Waals surface area contributed by atoms with E-state index in [1.54, 1.807) is 24.3 Å². The summed E-state index contributed by atoms with van der Waals surface area (Å²) < 4.78 is 1.94. The molecule has 0 bridgehead atoms. The van der Waals surface area contributed by atoms with Gasteiger partial charge in [0.25, 0.3) is 5.91 Å². The molecule has 0 spiro atoms. The van der Waals surface area contributed by atoms with Crippen LogP contribution in [0.4, 0.5) is 5.69 Å². The van der Waals surface area contributed by atoms with Crippen LogP contribution in [-0.4, -0.2) is 26.5 Å². The van der Waals surface area contributed by atoms with E-state index in [0.717, 1.165) is 54.6 Å². The van der Waals surface area contributed by atoms with Crippen molar-refractivity contribution in [1.29, 1.82) is 0 Å². The Hall–Kier alpha value is -3.02. The average molecular weight is 390 g/mol. The molecular weight excluding hydrogens is 364 g/mol. The Kier molecular flexibility index (Phi) is 5.18. The van der Waals surface area contributed by atoms with Crippen LogP contribution in [-0.2, 0) is 6.54 Å². The van der Waals surface area contributed by atoms with Gasteiger partial charge in [0, 0.05) is 29.4 Å². The number of ketones is 1. The number of carbonyl (C=O) groups excluding carboxylic acids is 2. The number of nitrogens with zero attached hydrogens (tertiary/aromatic N) is 3. The highest BCUT2D eigenvalue weighted by atomic mass is 16.1. The number of aryl methyl sites for hydroxylation is 2. The maximum Gasteiger partial charge on any atom is 0.256 e. The fraction of sp³-hybridized carbons (Fsp3) is 0.391. The third-order valence-electron chi connectivity index (χ3n) is 5.39. The van der Waals surface area contributed by atoms with Crippen LogP contribution >= 0.6 is 0 Å². The van der Waals surface area contributed by atoms with E-state index in [-0.39, 0.29) is 11.7 Å². The number of aromatic nitrogens is 3. The lowest BCUT2D eigenvalue weighted by molar-refractivity contribution is 0.101. The van der Waals surface area contributed by atoms with Crippen molar-refractivity contribution in [3.8, 4) is 0 Å². The number of carbonyl (C=O) groups is 2. The Bertz CT molecular complexity index is 1100. The summed E-state index contributed by atoms with van der Waals surface area (Å²) in [4.78, 5) is 29.7. The second-order valence-electron chi connectivity index (χ2n) is 7.82. The molecule has 29 heavy (non-hydrogen) atoms. The first-order valence-corrected chi connectivity index (χ1v) is 10.3. The number of amides is 1. The summed E-state index contributed by atoms with van der Waals surface area (Å²) in [5, 5.41) is 8.43. The van der Waals surface area contributed by atoms with E-state index in [9.17, 15) is 9.59 Å². The van der Waals surface area contributed by atoms with Gasteiger partial charge in [0.1, 0.15) is 0 Å². The van der Waals surface area contributed by atoms with Gasteiger partial charge in [0.15, 0.2) is 11.4 Å². The molecule has 0 unspecified atom stereocenters. The number of hydrogen-bond acceptors (Lipinski definition) is 4. The summed E-state index contributed by atoms with van der Waals surface area (Å²) in [6.45, 7) is 6.39. The Balaban J connectivity index is 1.75. The molecule has 1 aromatic carbocycles. The van der Waals surface area contributed by atoms with Crippen LogP contribution in [0.5, 0.6) is 0 Å². The largest absolute Gasteiger partial charge is 0.322 e. The standard InChI is InChI=1S/C23H26N4O2/c1-4-5-11-27-22-21(14(2)26-27)19(13-20(25-22)16-9-10-16)23(29)24-18-8-6-7-17(12-18)15(3)28/h6-8,12-13,16H,4-5,9-11H2,1-3H3,(H,24,29). The number of Topliss-reactive ketones (excluding diaryl/α,β-unsaturated/α-hetero) is 1. The molecule has 6 nitrogen and oxygen atoms in total. The first kappa shape index (κ1) is 19.3. The lowest BCUT2D eigenvalue weighted by atomic mass is 10.1. The van der Waals surface area contributed by atoms with Gasteiger partial charge < -0.3 is 5.32 Å². The monoisotopic (exact) mass is 390 g/mol. The Morgan fingerprint density at radius 3 is 2.72 bits per heavy atom. The minimum atomic E-state index is -0.196. The normalized spacial score (nSPS) is 13.6. The van der Waals surface area contributed by atoms with Crippen LogP contribution in [0.2, 0.25) is 0 Å². The van der Waals surface area contributed by atoms with Gasteiger partial charge in [0.05, 0.1) is 16.6 Å². The molecule has 2 aromatic heterocycles. The van der Waals surface area contributed by atoms with Crippen molar-refractivity contribution in [2.75, 3.05) is 5.32 Å². The van der Waals surface area contributed by atoms with Crippen molar-refractivity contribution in [2.45, 2.75) is 58.9 Å². The number of anilines is 1. The van der Waals surface area contributed by atoms with E-state index in [4.69, 9.17) is 4.98 Å². The second-order valence-corrected chi connectivity index (χ2v) is 7.82. The summed E-state index contributed by atoms with van der Waals surface area (Å²) in [5.74, 6) is 0.205. The number of hydrogen-bond donors (Lipinski definition) is 1. The molecule has 6 heteroatoms. The van der Waals surface area contributed by atoms with E-state index < -0.39 is 0 Å². The van der Waals surface area contributed by atoms with Gasteiger partial charge in [-0.3, -0.25) is 9.59 Å². The van der Waals surface area contributed by atoms with Crippen molar-refractivity contribution in [1.82, 2.24) is 14.8 Å². The molecule has 0 saturated heterocycles. The summed E-state index contributed by atoms with van der Waals surface area (Å²) >= 11 is 0. The van der Waals surface area contributed by atoms with E-state index >= 15 is 0 Å². The second kappa shape index (κ2) is 7.78. The highest BCUT2D eigenvalue weighted by molar-refractivity contribution is 6.13. The van der Waals surface area contributed by atoms with Crippen LogP contribution in [0.3, 0.4) is 0 Å². The van der Waals surface area contributed by atoms with E-state index in [1.165, 1.54) is 6.92 Å². The minimum absolute atomic E-state index is 0.0311. The van der Waals surface area contributed by atoms with E-state index in [1.807, 2.05) is 17.7 Å². The van der Waals surface area contributed by atoms with Crippen molar-refractivity contribution >= 4 is 28.4 Å². The first-order valence-electron chi connectivity index (χ1n) is 10.3. The van der Waals surface area contributed by atoms with Gasteiger partial charge in [-0.2, -0.15) is 5.10 Å². The number of benzene rings is 1. The summed E-state index contributed by atoms with van der Waals surface area (Å²) in [5.41, 5.74) is 4.36. The van der Waals surface area contributed by atoms with Gasteiger partial charge in [-0.25, -0.2) is 9.67 Å². The molecule has 0 radical (unpaired) electrons. The third kappa shape index (κ3) is 3.92. The van der Waals surface area contributed by atoms with Gasteiger partial charge in [0.2, 0.25) is 0 Å². The zero-order chi connectivity index (χ0) is 20.5. The molecule has 1 saturated carbocycles. The van der Waals surface area contributed by atoms with Crippen LogP contribution < -0.4 is 5.32 Å². The van der Waals surface area contributed by atoms with Crippen LogP contribution in [0.15, 0.2) is 30.3 Å². The van der Waals surface area contributed by atoms with Gasteiger partial charge in [-0.05, 0) is 51.3 Å². The molecule has 2 heterocycles. The Morgan fingerprint density at radius 1 is 1.24 bits per heavy atom. The Labute approximate surface area is 170 Å². The SMILES string of the molecule is CCCCn1nc(C)c2c(C(=O)Nc3cccc(C(C)=O)c3)cc(C3CC3)nc21. The summed E-state index contributed by atoms with van der Waals surface area (Å²) in [7, 11) is 0. The van der Waals surface area contributed by atoms with Gasteiger partial charge >= 0.3 is 0 Å². The fourth-order valence-corrected chi connectivity index (χ4v) is 3.62. The topological polar surface area (TPSA) is 76.9 Å². The summed E-state index contributed by atoms with van der Waals surface area (Å²) in [6.07, 6.45) is 4.32. The molecule has 3 aromatic rings. The molecule has 1 aliphatic rings. The van der Waals surface area contributed by atoms with Crippen molar-refractivity contribution in [3.63, 3.8) is 0 Å². The number of pyridine rings is 1. The van der Waals surface area contributed by atoms with Crippen LogP contribution in [0.1, 0.15) is 77.6 Å². The number of rotatable bonds is 7. The molecule has 1 N–H and O–H groups in total. The van der Waals surface area contributed by atoms with Gasteiger partial charge in [-0.15, -0.1) is 0 Å². The molecular formula is C23H26N4O2. The summed E-state index contributed by atoms with van der Waals surface area (Å²) in [6, 6.07) is 8.94. The average Bonchev–Trinajstić information content (AvgIpc) is 3.51. The molecule has 1 amide bonds. The van der Waals surface area contributed by atoms with Crippen molar-refractivity contribution < 1.29 is 9.59 Å². The fourth-order valence-electron chi connectivity index (χ4n) is 3.62. The minimum Gasteiger partial charge on any atom is -0.322 e. The zero-order valence-corrected chi connectivity index (χ0v) is 17.2. The molecule has 1 aliphatic carbocycles. The van der Waals surface area contributed by atoms with E-state index in [0.29, 0.717) is 22.7 Å². The number of unbranched alkanes of at least 4 members (excludes halogenated alkanes) is 1. The van der Waals surface area contributed by atoms with Crippen LogP contribution in [0.25, 0.3) is 11.0 Å². The van der Waals surface area contributed by atoms with Crippen molar-refractivity contribution in [2.24, 2.45) is 0 Å². The third-order valence-corrected chi connectivity index (χ3v) is 5.39. The quantitative estimate of drug-likeness (QED) is 0.584. The molecule has 150 valence electrons. The molecule has 0 aliphatic heterocycles. The van der Waals surface area contributed by atoms with Gasteiger partial charge in [-0.1, -0.05) is 25.5 Å². The highest BCUT2D eigenvalue weighted by Gasteiger charge is 2.28. The zero-order valence-electron chi connectivity index (χ0n) is 17.2. The predicted octanol–water partition coefficient (Wildman–Crippen LogP) is 4.87. The lowest BCUT2D eigenvalue weighted by Crippen LogP contribution is -2.14. The smallest absolute Gasteiger partial charge is 0.256 e. The Morgan fingerprint density at radius 2 is 2.03 bits per heavy atom. The van der Waals surface area contributed by atoms with E-state index in [2.05, 4.69) is 17.3 Å². The number of nitrogens with one attached hydrogen (secondary N) is 1.